The fraction of sp³-hybridized carbons (Fsp3) is 0.250. The van der Waals surface area contributed by atoms with E-state index in [9.17, 15) is 9.59 Å². The lowest BCUT2D eigenvalue weighted by Gasteiger charge is -2.13. The van der Waals surface area contributed by atoms with Crippen LogP contribution >= 0.6 is 0 Å². The number of aliphatic imine (C=N–C) groups is 1. The molecule has 2 aromatic carbocycles. The van der Waals surface area contributed by atoms with Crippen molar-refractivity contribution in [3.8, 4) is 0 Å². The first-order valence-corrected chi connectivity index (χ1v) is 10.2. The first-order chi connectivity index (χ1) is 15.3. The number of anilines is 1. The van der Waals surface area contributed by atoms with E-state index in [1.165, 1.54) is 7.11 Å². The van der Waals surface area contributed by atoms with Crippen LogP contribution in [0.15, 0.2) is 53.5 Å². The topological polar surface area (TPSA) is 97.6 Å². The summed E-state index contributed by atoms with van der Waals surface area (Å²) in [4.78, 5) is 29.3. The second-order valence-corrected chi connectivity index (χ2v) is 7.46. The van der Waals surface area contributed by atoms with Gasteiger partial charge in [-0.25, -0.2) is 9.79 Å². The largest absolute Gasteiger partial charge is 0.465 e. The number of hydrogen-bond acceptors (Lipinski definition) is 5. The van der Waals surface area contributed by atoms with Gasteiger partial charge >= 0.3 is 5.97 Å². The van der Waals surface area contributed by atoms with Gasteiger partial charge in [0.25, 0.3) is 5.91 Å². The number of hydrogen-bond donors (Lipinski definition) is 2. The Kier molecular flexibility index (Phi) is 7.04. The molecule has 0 aliphatic rings. The molecule has 0 atom stereocenters. The Morgan fingerprint density at radius 2 is 1.78 bits per heavy atom. The molecule has 1 amide bonds. The Labute approximate surface area is 187 Å². The van der Waals surface area contributed by atoms with Gasteiger partial charge in [-0.15, -0.1) is 0 Å². The summed E-state index contributed by atoms with van der Waals surface area (Å²) in [6, 6.07) is 14.1. The van der Waals surface area contributed by atoms with Crippen molar-refractivity contribution in [2.75, 3.05) is 12.4 Å². The minimum atomic E-state index is -0.447. The average Bonchev–Trinajstić information content (AvgIpc) is 3.02. The first kappa shape index (κ1) is 22.7. The number of ether oxygens (including phenoxy) is 1. The summed E-state index contributed by atoms with van der Waals surface area (Å²) in [6.45, 7) is 6.16. The molecule has 1 heterocycles. The highest BCUT2D eigenvalue weighted by molar-refractivity contribution is 6.10. The first-order valence-electron chi connectivity index (χ1n) is 10.2. The Bertz CT molecular complexity index is 1180. The number of carbonyl (C=O) groups is 2. The lowest BCUT2D eigenvalue weighted by atomic mass is 10.1. The number of aryl methyl sites for hydroxylation is 3. The van der Waals surface area contributed by atoms with Gasteiger partial charge in [0.05, 0.1) is 24.9 Å². The molecule has 3 aromatic rings. The monoisotopic (exact) mass is 433 g/mol. The molecule has 3 rings (SSSR count). The van der Waals surface area contributed by atoms with Crippen LogP contribution in [0.3, 0.4) is 0 Å². The van der Waals surface area contributed by atoms with E-state index in [1.807, 2.05) is 40.0 Å². The zero-order valence-corrected chi connectivity index (χ0v) is 18.9. The number of aromatic nitrogens is 2. The maximum Gasteiger partial charge on any atom is 0.337 e. The van der Waals surface area contributed by atoms with Crippen LogP contribution in [-0.2, 0) is 18.3 Å². The fourth-order valence-electron chi connectivity index (χ4n) is 3.26. The van der Waals surface area contributed by atoms with Crippen molar-refractivity contribution in [2.45, 2.75) is 27.3 Å². The lowest BCUT2D eigenvalue weighted by Crippen LogP contribution is -2.36. The molecule has 2 N–H and O–H groups in total. The molecule has 0 unspecified atom stereocenters. The second kappa shape index (κ2) is 9.91. The van der Waals surface area contributed by atoms with E-state index < -0.39 is 5.97 Å². The van der Waals surface area contributed by atoms with E-state index in [1.54, 1.807) is 41.1 Å². The molecular weight excluding hydrogens is 406 g/mol. The Balaban J connectivity index is 1.89. The van der Waals surface area contributed by atoms with Gasteiger partial charge in [0, 0.05) is 29.6 Å². The maximum atomic E-state index is 12.8. The summed E-state index contributed by atoms with van der Waals surface area (Å²) in [5.74, 6) is -0.470. The summed E-state index contributed by atoms with van der Waals surface area (Å²) < 4.78 is 6.59. The smallest absolute Gasteiger partial charge is 0.337 e. The summed E-state index contributed by atoms with van der Waals surface area (Å²) in [5, 5.41) is 10.4. The number of benzene rings is 2. The van der Waals surface area contributed by atoms with Crippen molar-refractivity contribution in [3.05, 3.63) is 82.2 Å². The molecule has 8 nitrogen and oxygen atoms in total. The second-order valence-electron chi connectivity index (χ2n) is 7.46. The van der Waals surface area contributed by atoms with Gasteiger partial charge < -0.3 is 10.1 Å². The van der Waals surface area contributed by atoms with Gasteiger partial charge in [0.15, 0.2) is 0 Å². The van der Waals surface area contributed by atoms with Crippen LogP contribution < -0.4 is 10.6 Å². The number of amides is 1. The zero-order chi connectivity index (χ0) is 23.3. The third kappa shape index (κ3) is 5.40. The minimum Gasteiger partial charge on any atom is -0.465 e. The summed E-state index contributed by atoms with van der Waals surface area (Å²) in [7, 11) is 3.21. The number of carbonyl (C=O) groups excluding carboxylic acids is 2. The van der Waals surface area contributed by atoms with Crippen molar-refractivity contribution >= 4 is 23.5 Å². The van der Waals surface area contributed by atoms with Gasteiger partial charge in [-0.1, -0.05) is 23.8 Å². The van der Waals surface area contributed by atoms with Gasteiger partial charge in [0.2, 0.25) is 5.96 Å². The van der Waals surface area contributed by atoms with Crippen molar-refractivity contribution in [1.82, 2.24) is 15.1 Å². The van der Waals surface area contributed by atoms with Gasteiger partial charge in [-0.3, -0.25) is 14.8 Å². The highest BCUT2D eigenvalue weighted by atomic mass is 16.5. The molecule has 0 radical (unpaired) electrons. The van der Waals surface area contributed by atoms with Crippen LogP contribution in [0, 0.1) is 20.8 Å². The summed E-state index contributed by atoms with van der Waals surface area (Å²) in [5.41, 5.74) is 5.36. The van der Waals surface area contributed by atoms with Crippen molar-refractivity contribution in [2.24, 2.45) is 12.0 Å². The zero-order valence-electron chi connectivity index (χ0n) is 18.9. The Morgan fingerprint density at radius 1 is 1.06 bits per heavy atom. The molecule has 166 valence electrons. The number of rotatable bonds is 5. The predicted octanol–water partition coefficient (Wildman–Crippen LogP) is 3.53. The van der Waals surface area contributed by atoms with Crippen LogP contribution in [0.5, 0.6) is 0 Å². The quantitative estimate of drug-likeness (QED) is 0.364. The SMILES string of the molecule is COC(=O)c1cccc(NC(=NCc2c(C)nn(C)c2C)NC(=O)c2cccc(C)c2)c1. The van der Waals surface area contributed by atoms with Crippen molar-refractivity contribution in [1.29, 1.82) is 0 Å². The van der Waals surface area contributed by atoms with Crippen LogP contribution in [0.2, 0.25) is 0 Å². The van der Waals surface area contributed by atoms with E-state index in [4.69, 9.17) is 4.74 Å². The maximum absolute atomic E-state index is 12.8. The molecule has 1 aromatic heterocycles. The molecule has 8 heteroatoms. The number of guanidine groups is 1. The van der Waals surface area contributed by atoms with E-state index in [2.05, 4.69) is 20.7 Å². The van der Waals surface area contributed by atoms with E-state index >= 15 is 0 Å². The molecule has 0 saturated carbocycles. The van der Waals surface area contributed by atoms with E-state index in [0.717, 1.165) is 22.5 Å². The number of methoxy groups -OCH3 is 1. The fourth-order valence-corrected chi connectivity index (χ4v) is 3.26. The highest BCUT2D eigenvalue weighted by Gasteiger charge is 2.13. The van der Waals surface area contributed by atoms with Gasteiger partial charge in [0.1, 0.15) is 0 Å². The highest BCUT2D eigenvalue weighted by Crippen LogP contribution is 2.15. The molecule has 0 fully saturated rings. The van der Waals surface area contributed by atoms with Crippen LogP contribution in [-0.4, -0.2) is 34.7 Å². The molecular formula is C24H27N5O3. The molecule has 32 heavy (non-hydrogen) atoms. The predicted molar refractivity (Wildman–Crippen MR) is 124 cm³/mol. The molecule has 0 bridgehead atoms. The summed E-state index contributed by atoms with van der Waals surface area (Å²) >= 11 is 0. The molecule has 0 spiro atoms. The number of esters is 1. The lowest BCUT2D eigenvalue weighted by molar-refractivity contribution is 0.0600. The standard InChI is InChI=1S/C24H27N5O3/c1-15-8-6-9-18(12-15)22(30)27-24(25-14-21-16(2)28-29(4)17(21)3)26-20-11-7-10-19(13-20)23(31)32-5/h6-13H,14H2,1-5H3,(H2,25,26,27,30). The molecule has 0 aliphatic heterocycles. The van der Waals surface area contributed by atoms with Crippen molar-refractivity contribution in [3.63, 3.8) is 0 Å². The third-order valence-electron chi connectivity index (χ3n) is 5.11. The van der Waals surface area contributed by atoms with Gasteiger partial charge in [-0.2, -0.15) is 5.10 Å². The number of nitrogens with zero attached hydrogens (tertiary/aromatic N) is 3. The minimum absolute atomic E-state index is 0.265. The number of nitrogens with one attached hydrogen (secondary N) is 2. The normalized spacial score (nSPS) is 11.2. The van der Waals surface area contributed by atoms with Crippen molar-refractivity contribution < 1.29 is 14.3 Å². The Hall–Kier alpha value is -3.94. The Morgan fingerprint density at radius 3 is 2.44 bits per heavy atom. The molecule has 0 saturated heterocycles. The average molecular weight is 434 g/mol. The van der Waals surface area contributed by atoms with Crippen LogP contribution in [0.4, 0.5) is 5.69 Å². The third-order valence-corrected chi connectivity index (χ3v) is 5.11. The van der Waals surface area contributed by atoms with E-state index in [0.29, 0.717) is 23.4 Å². The molecule has 0 aliphatic carbocycles. The van der Waals surface area contributed by atoms with Crippen LogP contribution in [0.25, 0.3) is 0 Å². The summed E-state index contributed by atoms with van der Waals surface area (Å²) in [6.07, 6.45) is 0. The van der Waals surface area contributed by atoms with Gasteiger partial charge in [-0.05, 0) is 51.1 Å². The van der Waals surface area contributed by atoms with Crippen LogP contribution in [0.1, 0.15) is 43.2 Å². The van der Waals surface area contributed by atoms with E-state index in [-0.39, 0.29) is 11.9 Å².